The van der Waals surface area contributed by atoms with E-state index in [1.54, 1.807) is 4.90 Å². The van der Waals surface area contributed by atoms with Crippen LogP contribution in [0.3, 0.4) is 0 Å². The Morgan fingerprint density at radius 1 is 1.05 bits per heavy atom. The molecule has 0 aromatic heterocycles. The van der Waals surface area contributed by atoms with Crippen LogP contribution in [0.4, 0.5) is 5.69 Å². The number of hydrogen-bond acceptors (Lipinski definition) is 1. The summed E-state index contributed by atoms with van der Waals surface area (Å²) in [5.74, 6) is 0.0170. The standard InChI is InChI=1S/C16H16INO/c1-11-4-9-15(12(2)10-11)18(3)16(19)13-5-7-14(17)8-6-13/h4-10H,1-3H3. The maximum absolute atomic E-state index is 12.4. The summed E-state index contributed by atoms with van der Waals surface area (Å²) in [5, 5.41) is 0. The molecule has 0 N–H and O–H groups in total. The fourth-order valence-electron chi connectivity index (χ4n) is 2.08. The van der Waals surface area contributed by atoms with Gasteiger partial charge < -0.3 is 4.90 Å². The lowest BCUT2D eigenvalue weighted by Gasteiger charge is -2.20. The van der Waals surface area contributed by atoms with E-state index < -0.39 is 0 Å². The summed E-state index contributed by atoms with van der Waals surface area (Å²) in [7, 11) is 1.82. The van der Waals surface area contributed by atoms with Gasteiger partial charge in [-0.2, -0.15) is 0 Å². The van der Waals surface area contributed by atoms with E-state index >= 15 is 0 Å². The van der Waals surface area contributed by atoms with Gasteiger partial charge in [-0.25, -0.2) is 0 Å². The molecule has 2 aromatic carbocycles. The number of hydrogen-bond donors (Lipinski definition) is 0. The minimum Gasteiger partial charge on any atom is -0.311 e. The first-order chi connectivity index (χ1) is 8.99. The second-order valence-electron chi connectivity index (χ2n) is 4.66. The molecule has 0 aliphatic carbocycles. The minimum atomic E-state index is 0.0170. The monoisotopic (exact) mass is 365 g/mol. The molecule has 2 aromatic rings. The highest BCUT2D eigenvalue weighted by molar-refractivity contribution is 14.1. The molecule has 0 unspecified atom stereocenters. The number of aryl methyl sites for hydroxylation is 2. The van der Waals surface area contributed by atoms with Gasteiger partial charge in [-0.05, 0) is 72.3 Å². The van der Waals surface area contributed by atoms with Crippen molar-refractivity contribution in [1.82, 2.24) is 0 Å². The average molecular weight is 365 g/mol. The highest BCUT2D eigenvalue weighted by atomic mass is 127. The van der Waals surface area contributed by atoms with E-state index in [1.807, 2.05) is 50.4 Å². The zero-order valence-electron chi connectivity index (χ0n) is 11.3. The van der Waals surface area contributed by atoms with Gasteiger partial charge in [0.25, 0.3) is 5.91 Å². The van der Waals surface area contributed by atoms with Crippen LogP contribution in [0.15, 0.2) is 42.5 Å². The quantitative estimate of drug-likeness (QED) is 0.731. The summed E-state index contributed by atoms with van der Waals surface area (Å²) in [4.78, 5) is 14.1. The van der Waals surface area contributed by atoms with Crippen LogP contribution >= 0.6 is 22.6 Å². The van der Waals surface area contributed by atoms with Crippen molar-refractivity contribution in [1.29, 1.82) is 0 Å². The molecule has 1 amide bonds. The molecule has 0 fully saturated rings. The minimum absolute atomic E-state index is 0.0170. The Morgan fingerprint density at radius 3 is 2.26 bits per heavy atom. The lowest BCUT2D eigenvalue weighted by Crippen LogP contribution is -2.26. The highest BCUT2D eigenvalue weighted by Gasteiger charge is 2.14. The zero-order valence-corrected chi connectivity index (χ0v) is 13.4. The second-order valence-corrected chi connectivity index (χ2v) is 5.91. The van der Waals surface area contributed by atoms with Crippen LogP contribution in [0.25, 0.3) is 0 Å². The van der Waals surface area contributed by atoms with Crippen molar-refractivity contribution in [3.8, 4) is 0 Å². The third-order valence-corrected chi connectivity index (χ3v) is 3.83. The van der Waals surface area contributed by atoms with Crippen molar-refractivity contribution >= 4 is 34.2 Å². The van der Waals surface area contributed by atoms with Crippen LogP contribution in [0.5, 0.6) is 0 Å². The number of nitrogens with zero attached hydrogens (tertiary/aromatic N) is 1. The molecule has 0 aliphatic rings. The molecule has 0 saturated heterocycles. The van der Waals surface area contributed by atoms with Crippen molar-refractivity contribution in [2.24, 2.45) is 0 Å². The van der Waals surface area contributed by atoms with Crippen LogP contribution in [-0.4, -0.2) is 13.0 Å². The predicted molar refractivity (Wildman–Crippen MR) is 87.8 cm³/mol. The Hall–Kier alpha value is -1.36. The van der Waals surface area contributed by atoms with Gasteiger partial charge in [-0.1, -0.05) is 17.7 Å². The van der Waals surface area contributed by atoms with Crippen molar-refractivity contribution in [3.05, 3.63) is 62.7 Å². The lowest BCUT2D eigenvalue weighted by atomic mass is 10.1. The highest BCUT2D eigenvalue weighted by Crippen LogP contribution is 2.22. The van der Waals surface area contributed by atoms with E-state index in [9.17, 15) is 4.79 Å². The van der Waals surface area contributed by atoms with Gasteiger partial charge in [0.1, 0.15) is 0 Å². The van der Waals surface area contributed by atoms with Gasteiger partial charge in [-0.15, -0.1) is 0 Å². The van der Waals surface area contributed by atoms with Crippen molar-refractivity contribution in [2.75, 3.05) is 11.9 Å². The van der Waals surface area contributed by atoms with E-state index in [0.29, 0.717) is 5.56 Å². The first-order valence-corrected chi connectivity index (χ1v) is 7.18. The maximum Gasteiger partial charge on any atom is 0.258 e. The molecule has 0 spiro atoms. The summed E-state index contributed by atoms with van der Waals surface area (Å²) >= 11 is 2.23. The van der Waals surface area contributed by atoms with Gasteiger partial charge in [-0.3, -0.25) is 4.79 Å². The molecule has 0 atom stereocenters. The lowest BCUT2D eigenvalue weighted by molar-refractivity contribution is 0.0993. The molecule has 2 rings (SSSR count). The SMILES string of the molecule is Cc1ccc(N(C)C(=O)c2ccc(I)cc2)c(C)c1. The Kier molecular flexibility index (Phi) is 4.24. The first kappa shape index (κ1) is 14.1. The number of amides is 1. The number of benzene rings is 2. The zero-order chi connectivity index (χ0) is 14.0. The maximum atomic E-state index is 12.4. The Morgan fingerprint density at radius 2 is 1.68 bits per heavy atom. The summed E-state index contributed by atoms with van der Waals surface area (Å²) in [5.41, 5.74) is 3.98. The van der Waals surface area contributed by atoms with Gasteiger partial charge in [0, 0.05) is 21.9 Å². The van der Waals surface area contributed by atoms with Crippen LogP contribution in [0.2, 0.25) is 0 Å². The average Bonchev–Trinajstić information content (AvgIpc) is 2.38. The molecular weight excluding hydrogens is 349 g/mol. The fourth-order valence-corrected chi connectivity index (χ4v) is 2.44. The van der Waals surface area contributed by atoms with Gasteiger partial charge in [0.2, 0.25) is 0 Å². The molecular formula is C16H16INO. The Balaban J connectivity index is 2.30. The summed E-state index contributed by atoms with van der Waals surface area (Å²) in [6, 6.07) is 13.7. The third kappa shape index (κ3) is 3.15. The first-order valence-electron chi connectivity index (χ1n) is 6.10. The Bertz CT molecular complexity index is 605. The number of carbonyl (C=O) groups is 1. The third-order valence-electron chi connectivity index (χ3n) is 3.11. The molecule has 0 radical (unpaired) electrons. The molecule has 0 aliphatic heterocycles. The van der Waals surface area contributed by atoms with E-state index in [-0.39, 0.29) is 5.91 Å². The largest absolute Gasteiger partial charge is 0.311 e. The number of rotatable bonds is 2. The van der Waals surface area contributed by atoms with Gasteiger partial charge in [0.05, 0.1) is 0 Å². The van der Waals surface area contributed by atoms with Crippen LogP contribution in [0, 0.1) is 17.4 Å². The van der Waals surface area contributed by atoms with Crippen molar-refractivity contribution in [3.63, 3.8) is 0 Å². The summed E-state index contributed by atoms with van der Waals surface area (Å²) in [6.07, 6.45) is 0. The Labute approximate surface area is 127 Å². The molecule has 0 bridgehead atoms. The van der Waals surface area contributed by atoms with Gasteiger partial charge >= 0.3 is 0 Å². The molecule has 0 saturated carbocycles. The van der Waals surface area contributed by atoms with E-state index in [2.05, 4.69) is 35.6 Å². The van der Waals surface area contributed by atoms with E-state index in [1.165, 1.54) is 5.56 Å². The summed E-state index contributed by atoms with van der Waals surface area (Å²) < 4.78 is 1.13. The topological polar surface area (TPSA) is 20.3 Å². The van der Waals surface area contributed by atoms with Crippen molar-refractivity contribution in [2.45, 2.75) is 13.8 Å². The van der Waals surface area contributed by atoms with Crippen LogP contribution < -0.4 is 4.90 Å². The summed E-state index contributed by atoms with van der Waals surface area (Å²) in [6.45, 7) is 4.08. The second kappa shape index (κ2) is 5.74. The smallest absolute Gasteiger partial charge is 0.258 e. The van der Waals surface area contributed by atoms with Crippen molar-refractivity contribution < 1.29 is 4.79 Å². The molecule has 98 valence electrons. The van der Waals surface area contributed by atoms with E-state index in [4.69, 9.17) is 0 Å². The van der Waals surface area contributed by atoms with Gasteiger partial charge in [0.15, 0.2) is 0 Å². The predicted octanol–water partition coefficient (Wildman–Crippen LogP) is 4.18. The van der Waals surface area contributed by atoms with E-state index in [0.717, 1.165) is 14.8 Å². The molecule has 0 heterocycles. The molecule has 3 heteroatoms. The fraction of sp³-hybridized carbons (Fsp3) is 0.188. The number of anilines is 1. The number of halogens is 1. The normalized spacial score (nSPS) is 10.3. The van der Waals surface area contributed by atoms with Crippen LogP contribution in [-0.2, 0) is 0 Å². The van der Waals surface area contributed by atoms with Crippen LogP contribution in [0.1, 0.15) is 21.5 Å². The number of carbonyl (C=O) groups excluding carboxylic acids is 1. The molecule has 19 heavy (non-hydrogen) atoms. The molecule has 2 nitrogen and oxygen atoms in total.